The van der Waals surface area contributed by atoms with Crippen LogP contribution in [0.1, 0.15) is 131 Å². The highest BCUT2D eigenvalue weighted by Crippen LogP contribution is 2.54. The van der Waals surface area contributed by atoms with Crippen LogP contribution in [0, 0.1) is 0 Å². The second kappa shape index (κ2) is 17.6. The van der Waals surface area contributed by atoms with E-state index in [1.807, 2.05) is 0 Å². The largest absolute Gasteiger partial charge is 0.494 e. The van der Waals surface area contributed by atoms with Gasteiger partial charge in [0.15, 0.2) is 0 Å². The molecule has 0 bridgehead atoms. The maximum Gasteiger partial charge on any atom is 0.494 e. The third kappa shape index (κ3) is 7.98. The molecule has 0 amide bonds. The first kappa shape index (κ1) is 46.3. The summed E-state index contributed by atoms with van der Waals surface area (Å²) < 4.78 is 32.1. The standard InChI is InChI=1S/C61H70B2N2O4/c1-57(2)58(3,4)67-62(66-57)43-33-35-45-46-36-34-44(63-68-59(5,6)60(7,8)69-63)42-52(46)61(51(45)41-43,37-21-9-11-23-39-64-53-29-17-13-25-47(53)48-26-14-18-30-54(48)64)38-22-10-12-24-40-65-55-31-19-15-27-49(55)50-28-16-20-32-56(50)65/h13-20,25-36,41-42H,9-12,21-24,37-40H2,1-8H3. The summed E-state index contributed by atoms with van der Waals surface area (Å²) >= 11 is 0. The van der Waals surface area contributed by atoms with Crippen molar-refractivity contribution < 1.29 is 18.6 Å². The van der Waals surface area contributed by atoms with Gasteiger partial charge in [0.1, 0.15) is 0 Å². The number of nitrogens with zero attached hydrogens (tertiary/aromatic N) is 2. The Morgan fingerprint density at radius 2 is 0.667 bits per heavy atom. The van der Waals surface area contributed by atoms with Crippen molar-refractivity contribution in [2.75, 3.05) is 0 Å². The normalized spacial score (nSPS) is 18.6. The number of aryl methyl sites for hydroxylation is 2. The maximum absolute atomic E-state index is 6.74. The highest BCUT2D eigenvalue weighted by atomic mass is 16.7. The van der Waals surface area contributed by atoms with Gasteiger partial charge in [0.2, 0.25) is 0 Å². The smallest absolute Gasteiger partial charge is 0.399 e. The zero-order valence-corrected chi connectivity index (χ0v) is 42.4. The molecule has 8 aromatic rings. The van der Waals surface area contributed by atoms with Crippen molar-refractivity contribution in [3.05, 3.63) is 145 Å². The molecule has 0 saturated carbocycles. The van der Waals surface area contributed by atoms with Crippen molar-refractivity contribution in [2.24, 2.45) is 0 Å². The van der Waals surface area contributed by atoms with E-state index in [1.54, 1.807) is 0 Å². The van der Waals surface area contributed by atoms with Crippen LogP contribution in [0.25, 0.3) is 54.7 Å². The van der Waals surface area contributed by atoms with Gasteiger partial charge in [-0.05, 0) is 139 Å². The molecule has 2 aromatic heterocycles. The molecule has 11 rings (SSSR count). The highest BCUT2D eigenvalue weighted by molar-refractivity contribution is 6.62. The zero-order chi connectivity index (χ0) is 47.8. The Bertz CT molecular complexity index is 2840. The van der Waals surface area contributed by atoms with Crippen molar-refractivity contribution in [2.45, 2.75) is 161 Å². The molecule has 4 heterocycles. The maximum atomic E-state index is 6.74. The van der Waals surface area contributed by atoms with Crippen LogP contribution in [0.4, 0.5) is 0 Å². The van der Waals surface area contributed by atoms with Gasteiger partial charge in [-0.25, -0.2) is 0 Å². The van der Waals surface area contributed by atoms with Gasteiger partial charge in [-0.15, -0.1) is 0 Å². The first-order valence-electron chi connectivity index (χ1n) is 26.1. The lowest BCUT2D eigenvalue weighted by atomic mass is 9.67. The third-order valence-electron chi connectivity index (χ3n) is 17.3. The second-order valence-corrected chi connectivity index (χ2v) is 22.6. The summed E-state index contributed by atoms with van der Waals surface area (Å²) in [5.41, 5.74) is 11.2. The van der Waals surface area contributed by atoms with E-state index in [0.717, 1.165) is 62.5 Å². The van der Waals surface area contributed by atoms with Crippen LogP contribution in [0.2, 0.25) is 0 Å². The van der Waals surface area contributed by atoms with Crippen molar-refractivity contribution in [1.82, 2.24) is 9.13 Å². The van der Waals surface area contributed by atoms with E-state index in [2.05, 4.69) is 198 Å². The van der Waals surface area contributed by atoms with Gasteiger partial charge in [-0.3, -0.25) is 0 Å². The van der Waals surface area contributed by atoms with Gasteiger partial charge in [-0.1, -0.05) is 148 Å². The summed E-state index contributed by atoms with van der Waals surface area (Å²) in [5, 5.41) is 5.39. The molecule has 2 fully saturated rings. The predicted octanol–water partition coefficient (Wildman–Crippen LogP) is 14.1. The van der Waals surface area contributed by atoms with Crippen LogP contribution in [-0.4, -0.2) is 45.8 Å². The minimum Gasteiger partial charge on any atom is -0.399 e. The molecule has 2 aliphatic heterocycles. The molecule has 0 spiro atoms. The fourth-order valence-corrected chi connectivity index (χ4v) is 12.0. The molecule has 0 radical (unpaired) electrons. The number of para-hydroxylation sites is 4. The lowest BCUT2D eigenvalue weighted by molar-refractivity contribution is 0.00578. The number of rotatable bonds is 16. The van der Waals surface area contributed by atoms with E-state index in [1.165, 1.54) is 91.5 Å². The second-order valence-electron chi connectivity index (χ2n) is 22.6. The van der Waals surface area contributed by atoms with E-state index < -0.39 is 36.6 Å². The molecule has 3 aliphatic rings. The molecular formula is C61H70B2N2O4. The molecular weight excluding hydrogens is 846 g/mol. The van der Waals surface area contributed by atoms with E-state index in [0.29, 0.717) is 0 Å². The summed E-state index contributed by atoms with van der Waals surface area (Å²) in [7, 11) is -0.854. The number of aromatic nitrogens is 2. The molecule has 0 unspecified atom stereocenters. The Kier molecular flexibility index (Phi) is 11.8. The number of hydrogen-bond donors (Lipinski definition) is 0. The molecule has 1 aliphatic carbocycles. The monoisotopic (exact) mass is 917 g/mol. The Balaban J connectivity index is 0.892. The zero-order valence-electron chi connectivity index (χ0n) is 42.4. The van der Waals surface area contributed by atoms with Crippen LogP contribution in [0.5, 0.6) is 0 Å². The van der Waals surface area contributed by atoms with Crippen molar-refractivity contribution in [3.63, 3.8) is 0 Å². The molecule has 0 atom stereocenters. The summed E-state index contributed by atoms with van der Waals surface area (Å²) in [4.78, 5) is 0. The van der Waals surface area contributed by atoms with Crippen LogP contribution in [0.15, 0.2) is 133 Å². The number of benzene rings is 6. The highest BCUT2D eigenvalue weighted by Gasteiger charge is 2.54. The van der Waals surface area contributed by atoms with E-state index >= 15 is 0 Å². The molecule has 0 N–H and O–H groups in total. The van der Waals surface area contributed by atoms with Gasteiger partial charge >= 0.3 is 14.2 Å². The molecule has 69 heavy (non-hydrogen) atoms. The topological polar surface area (TPSA) is 46.8 Å². The Labute approximate surface area is 411 Å². The van der Waals surface area contributed by atoms with Crippen molar-refractivity contribution in [1.29, 1.82) is 0 Å². The first-order valence-corrected chi connectivity index (χ1v) is 26.1. The third-order valence-corrected chi connectivity index (χ3v) is 17.3. The van der Waals surface area contributed by atoms with E-state index in [4.69, 9.17) is 18.6 Å². The fraction of sp³-hybridized carbons (Fsp3) is 0.410. The van der Waals surface area contributed by atoms with Crippen LogP contribution < -0.4 is 10.9 Å². The predicted molar refractivity (Wildman–Crippen MR) is 289 cm³/mol. The summed E-state index contributed by atoms with van der Waals surface area (Å²) in [6.45, 7) is 19.3. The Hall–Kier alpha value is -5.11. The average molecular weight is 917 g/mol. The van der Waals surface area contributed by atoms with Crippen molar-refractivity contribution in [3.8, 4) is 11.1 Å². The lowest BCUT2D eigenvalue weighted by Crippen LogP contribution is -2.41. The fourth-order valence-electron chi connectivity index (χ4n) is 12.0. The molecule has 8 heteroatoms. The van der Waals surface area contributed by atoms with Gasteiger partial charge in [0.25, 0.3) is 0 Å². The molecule has 6 aromatic carbocycles. The lowest BCUT2D eigenvalue weighted by Gasteiger charge is -2.33. The summed E-state index contributed by atoms with van der Waals surface area (Å²) in [5.74, 6) is 0. The number of hydrogen-bond acceptors (Lipinski definition) is 4. The van der Waals surface area contributed by atoms with Gasteiger partial charge in [0, 0.05) is 62.1 Å². The minimum absolute atomic E-state index is 0.191. The first-order chi connectivity index (χ1) is 33.2. The van der Waals surface area contributed by atoms with Gasteiger partial charge in [-0.2, -0.15) is 0 Å². The Morgan fingerprint density at radius 1 is 0.362 bits per heavy atom. The molecule has 6 nitrogen and oxygen atoms in total. The van der Waals surface area contributed by atoms with E-state index in [-0.39, 0.29) is 5.41 Å². The van der Waals surface area contributed by atoms with Crippen LogP contribution >= 0.6 is 0 Å². The van der Waals surface area contributed by atoms with Gasteiger partial charge in [0.05, 0.1) is 22.4 Å². The van der Waals surface area contributed by atoms with Gasteiger partial charge < -0.3 is 27.8 Å². The quantitative estimate of drug-likeness (QED) is 0.0716. The Morgan fingerprint density at radius 3 is 1.00 bits per heavy atom. The SMILES string of the molecule is CC1(C)OB(c2ccc3c(c2)C(CCCCCCn2c4ccccc4c4ccccc42)(CCCCCCn2c4ccccc4c4ccccc42)c2cc(B4OC(C)(C)C(C)(C)O4)ccc2-3)OC1(C)C. The number of fused-ring (bicyclic) bond motifs is 9. The summed E-state index contributed by atoms with van der Waals surface area (Å²) in [6, 6.07) is 49.8. The average Bonchev–Trinajstić information content (AvgIpc) is 4.05. The summed E-state index contributed by atoms with van der Waals surface area (Å²) in [6.07, 6.45) is 11.4. The van der Waals surface area contributed by atoms with Crippen molar-refractivity contribution >= 4 is 68.8 Å². The molecule has 2 saturated heterocycles. The van der Waals surface area contributed by atoms with Crippen LogP contribution in [-0.2, 0) is 37.1 Å². The minimum atomic E-state index is -0.427. The van der Waals surface area contributed by atoms with Crippen LogP contribution in [0.3, 0.4) is 0 Å². The molecule has 354 valence electrons. The number of unbranched alkanes of at least 4 members (excludes halogenated alkanes) is 6. The van der Waals surface area contributed by atoms with E-state index in [9.17, 15) is 0 Å².